The Morgan fingerprint density at radius 1 is 1.23 bits per heavy atom. The summed E-state index contributed by atoms with van der Waals surface area (Å²) in [4.78, 5) is 29.2. The van der Waals surface area contributed by atoms with Crippen LogP contribution in [-0.2, 0) is 9.59 Å². The van der Waals surface area contributed by atoms with E-state index in [-0.39, 0.29) is 11.3 Å². The second kappa shape index (κ2) is 6.05. The van der Waals surface area contributed by atoms with Crippen molar-refractivity contribution in [1.82, 2.24) is 9.80 Å². The molecule has 0 aromatic rings. The monoisotopic (exact) mass is 304 g/mol. The Morgan fingerprint density at radius 2 is 2.00 bits per heavy atom. The van der Waals surface area contributed by atoms with Crippen LogP contribution >= 0.6 is 0 Å². The van der Waals surface area contributed by atoms with Crippen molar-refractivity contribution in [3.63, 3.8) is 0 Å². The molecule has 1 atom stereocenters. The molecule has 0 unspecified atom stereocenters. The number of nitrogens with zero attached hydrogens (tertiary/aromatic N) is 2. The minimum Gasteiger partial charge on any atom is -0.342 e. The zero-order valence-electron chi connectivity index (χ0n) is 13.9. The van der Waals surface area contributed by atoms with E-state index < -0.39 is 0 Å². The van der Waals surface area contributed by atoms with E-state index in [1.165, 1.54) is 19.3 Å². The lowest BCUT2D eigenvalue weighted by atomic mass is 9.77. The van der Waals surface area contributed by atoms with Crippen LogP contribution < -0.4 is 0 Å². The minimum absolute atomic E-state index is 0.0702. The number of carbonyl (C=O) groups excluding carboxylic acids is 2. The highest BCUT2D eigenvalue weighted by molar-refractivity contribution is 5.90. The average Bonchev–Trinajstić information content (AvgIpc) is 2.83. The van der Waals surface area contributed by atoms with E-state index in [0.717, 1.165) is 50.4 Å². The Labute approximate surface area is 133 Å². The topological polar surface area (TPSA) is 40.6 Å². The number of likely N-dealkylation sites (tertiary alicyclic amines) is 2. The van der Waals surface area contributed by atoms with Crippen molar-refractivity contribution in [1.29, 1.82) is 0 Å². The maximum absolute atomic E-state index is 13.0. The summed E-state index contributed by atoms with van der Waals surface area (Å²) in [7, 11) is 0. The van der Waals surface area contributed by atoms with Crippen LogP contribution in [0, 0.1) is 11.3 Å². The van der Waals surface area contributed by atoms with Crippen LogP contribution in [0.25, 0.3) is 0 Å². The van der Waals surface area contributed by atoms with Crippen molar-refractivity contribution in [2.75, 3.05) is 26.2 Å². The molecule has 1 saturated carbocycles. The molecule has 2 saturated heterocycles. The Bertz CT molecular complexity index is 491. The van der Waals surface area contributed by atoms with E-state index in [1.807, 2.05) is 18.7 Å². The second-order valence-electron chi connectivity index (χ2n) is 7.66. The number of rotatable bonds is 3. The van der Waals surface area contributed by atoms with Crippen LogP contribution in [0.4, 0.5) is 0 Å². The van der Waals surface area contributed by atoms with Crippen molar-refractivity contribution < 1.29 is 9.59 Å². The second-order valence-corrected chi connectivity index (χ2v) is 7.66. The van der Waals surface area contributed by atoms with Gasteiger partial charge in [-0.1, -0.05) is 12.0 Å². The summed E-state index contributed by atoms with van der Waals surface area (Å²) in [6.45, 7) is 7.09. The van der Waals surface area contributed by atoms with Gasteiger partial charge >= 0.3 is 0 Å². The van der Waals surface area contributed by atoms with Crippen molar-refractivity contribution >= 4 is 11.8 Å². The first kappa shape index (κ1) is 15.6. The molecule has 3 rings (SSSR count). The van der Waals surface area contributed by atoms with Crippen molar-refractivity contribution in [3.05, 3.63) is 11.6 Å². The lowest BCUT2D eigenvalue weighted by Gasteiger charge is -2.42. The fraction of sp³-hybridized carbons (Fsp3) is 0.778. The molecule has 0 N–H and O–H groups in total. The summed E-state index contributed by atoms with van der Waals surface area (Å²) in [5, 5.41) is 0. The van der Waals surface area contributed by atoms with Crippen molar-refractivity contribution in [2.45, 2.75) is 52.4 Å². The van der Waals surface area contributed by atoms with Gasteiger partial charge in [0.25, 0.3) is 0 Å². The van der Waals surface area contributed by atoms with E-state index in [1.54, 1.807) is 6.08 Å². The summed E-state index contributed by atoms with van der Waals surface area (Å²) in [6.07, 6.45) is 8.45. The Morgan fingerprint density at radius 3 is 2.64 bits per heavy atom. The molecule has 3 fully saturated rings. The smallest absolute Gasteiger partial charge is 0.246 e. The molecule has 1 spiro atoms. The van der Waals surface area contributed by atoms with Gasteiger partial charge in [0.15, 0.2) is 0 Å². The molecule has 2 aliphatic heterocycles. The molecule has 4 nitrogen and oxygen atoms in total. The molecule has 0 bridgehead atoms. The van der Waals surface area contributed by atoms with E-state index in [0.29, 0.717) is 12.5 Å². The number of hydrogen-bond donors (Lipinski definition) is 0. The molecule has 3 aliphatic rings. The standard InChI is InChI=1S/C18H28N2O2/c1-14(2)11-16(21)20-10-8-18(13-20)7-4-9-19(17(18)22)12-15-5-3-6-15/h11,15H,3-10,12-13H2,1-2H3/t18-/m1/s1. The fourth-order valence-corrected chi connectivity index (χ4v) is 4.09. The summed E-state index contributed by atoms with van der Waals surface area (Å²) < 4.78 is 0. The normalized spacial score (nSPS) is 28.9. The Hall–Kier alpha value is -1.32. The summed E-state index contributed by atoms with van der Waals surface area (Å²) in [5.74, 6) is 1.11. The molecule has 4 heteroatoms. The van der Waals surface area contributed by atoms with Crippen molar-refractivity contribution in [2.24, 2.45) is 11.3 Å². The molecule has 2 amide bonds. The van der Waals surface area contributed by atoms with Gasteiger partial charge in [-0.3, -0.25) is 9.59 Å². The molecule has 0 aromatic carbocycles. The highest BCUT2D eigenvalue weighted by atomic mass is 16.2. The molecule has 0 radical (unpaired) electrons. The molecular weight excluding hydrogens is 276 g/mol. The zero-order valence-corrected chi connectivity index (χ0v) is 13.9. The van der Waals surface area contributed by atoms with Crippen LogP contribution in [0.2, 0.25) is 0 Å². The maximum atomic E-state index is 13.0. The predicted octanol–water partition coefficient (Wildman–Crippen LogP) is 2.59. The summed E-state index contributed by atoms with van der Waals surface area (Å²) >= 11 is 0. The first-order chi connectivity index (χ1) is 10.5. The van der Waals surface area contributed by atoms with E-state index in [9.17, 15) is 9.59 Å². The number of piperidine rings is 1. The largest absolute Gasteiger partial charge is 0.342 e. The van der Waals surface area contributed by atoms with Gasteiger partial charge in [0.2, 0.25) is 11.8 Å². The molecule has 22 heavy (non-hydrogen) atoms. The van der Waals surface area contributed by atoms with Crippen LogP contribution in [0.3, 0.4) is 0 Å². The highest BCUT2D eigenvalue weighted by Crippen LogP contribution is 2.41. The van der Waals surface area contributed by atoms with Gasteiger partial charge in [-0.25, -0.2) is 0 Å². The van der Waals surface area contributed by atoms with E-state index in [4.69, 9.17) is 0 Å². The molecule has 1 aliphatic carbocycles. The molecule has 0 aromatic heterocycles. The van der Waals surface area contributed by atoms with Crippen LogP contribution in [0.1, 0.15) is 52.4 Å². The Balaban J connectivity index is 1.66. The predicted molar refractivity (Wildman–Crippen MR) is 86.2 cm³/mol. The quantitative estimate of drug-likeness (QED) is 0.752. The zero-order chi connectivity index (χ0) is 15.7. The lowest BCUT2D eigenvalue weighted by Crippen LogP contribution is -2.52. The third kappa shape index (κ3) is 2.92. The molecule has 2 heterocycles. The minimum atomic E-state index is -0.285. The van der Waals surface area contributed by atoms with Gasteiger partial charge in [-0.05, 0) is 51.9 Å². The van der Waals surface area contributed by atoms with Gasteiger partial charge in [-0.15, -0.1) is 0 Å². The molecular formula is C18H28N2O2. The Kier molecular flexibility index (Phi) is 4.28. The van der Waals surface area contributed by atoms with Crippen LogP contribution in [-0.4, -0.2) is 47.8 Å². The average molecular weight is 304 g/mol. The highest BCUT2D eigenvalue weighted by Gasteiger charge is 2.49. The summed E-state index contributed by atoms with van der Waals surface area (Å²) in [5.41, 5.74) is 0.736. The van der Waals surface area contributed by atoms with Gasteiger partial charge in [0.05, 0.1) is 5.41 Å². The maximum Gasteiger partial charge on any atom is 0.246 e. The van der Waals surface area contributed by atoms with Gasteiger partial charge in [0.1, 0.15) is 0 Å². The van der Waals surface area contributed by atoms with Gasteiger partial charge in [0, 0.05) is 32.3 Å². The number of allylic oxidation sites excluding steroid dienone is 1. The summed E-state index contributed by atoms with van der Waals surface area (Å²) in [6, 6.07) is 0. The SMILES string of the molecule is CC(C)=CC(=O)N1CC[C@]2(CCCN(CC3CCC3)C2=O)C1. The third-order valence-electron chi connectivity index (χ3n) is 5.61. The van der Waals surface area contributed by atoms with Crippen molar-refractivity contribution in [3.8, 4) is 0 Å². The van der Waals surface area contributed by atoms with Gasteiger partial charge in [-0.2, -0.15) is 0 Å². The fourth-order valence-electron chi connectivity index (χ4n) is 4.09. The number of hydrogen-bond acceptors (Lipinski definition) is 2. The van der Waals surface area contributed by atoms with Crippen LogP contribution in [0.15, 0.2) is 11.6 Å². The van der Waals surface area contributed by atoms with Gasteiger partial charge < -0.3 is 9.80 Å². The molecule has 122 valence electrons. The first-order valence-electron chi connectivity index (χ1n) is 8.73. The van der Waals surface area contributed by atoms with E-state index in [2.05, 4.69) is 4.90 Å². The third-order valence-corrected chi connectivity index (χ3v) is 5.61. The first-order valence-corrected chi connectivity index (χ1v) is 8.73. The number of carbonyl (C=O) groups is 2. The van der Waals surface area contributed by atoms with Crippen LogP contribution in [0.5, 0.6) is 0 Å². The number of amides is 2. The van der Waals surface area contributed by atoms with E-state index >= 15 is 0 Å². The lowest BCUT2D eigenvalue weighted by molar-refractivity contribution is -0.147.